The van der Waals surface area contributed by atoms with Crippen LogP contribution in [0.5, 0.6) is 0 Å². The SMILES string of the molecule is Nc1ccn(C2CC(CO)C(CO)S2)c(=O)n1. The van der Waals surface area contributed by atoms with Gasteiger partial charge in [-0.25, -0.2) is 4.79 Å². The molecular formula is C10H15N3O3S. The minimum atomic E-state index is -0.391. The number of rotatable bonds is 3. The molecule has 1 aromatic rings. The number of thioether (sulfide) groups is 1. The van der Waals surface area contributed by atoms with E-state index in [1.54, 1.807) is 12.3 Å². The monoisotopic (exact) mass is 257 g/mol. The van der Waals surface area contributed by atoms with Gasteiger partial charge in [0.15, 0.2) is 0 Å². The Bertz CT molecular complexity index is 439. The van der Waals surface area contributed by atoms with E-state index >= 15 is 0 Å². The number of aliphatic hydroxyl groups is 2. The highest BCUT2D eigenvalue weighted by Crippen LogP contribution is 2.44. The number of aromatic nitrogens is 2. The van der Waals surface area contributed by atoms with Gasteiger partial charge in [-0.3, -0.25) is 4.57 Å². The van der Waals surface area contributed by atoms with Gasteiger partial charge in [-0.15, -0.1) is 11.8 Å². The fraction of sp³-hybridized carbons (Fsp3) is 0.600. The van der Waals surface area contributed by atoms with Gasteiger partial charge in [0.25, 0.3) is 0 Å². The van der Waals surface area contributed by atoms with E-state index in [4.69, 9.17) is 5.73 Å². The van der Waals surface area contributed by atoms with Crippen LogP contribution in [0.4, 0.5) is 5.82 Å². The molecule has 3 atom stereocenters. The average Bonchev–Trinajstić information content (AvgIpc) is 2.72. The lowest BCUT2D eigenvalue weighted by Gasteiger charge is -2.12. The van der Waals surface area contributed by atoms with Crippen molar-refractivity contribution < 1.29 is 10.2 Å². The molecular weight excluding hydrogens is 242 g/mol. The number of nitrogen functional groups attached to an aromatic ring is 1. The number of hydrogen-bond acceptors (Lipinski definition) is 6. The fourth-order valence-electron chi connectivity index (χ4n) is 1.99. The number of nitrogens with zero attached hydrogens (tertiary/aromatic N) is 2. The molecule has 2 rings (SSSR count). The lowest BCUT2D eigenvalue weighted by atomic mass is 10.0. The molecule has 7 heteroatoms. The van der Waals surface area contributed by atoms with E-state index in [1.165, 1.54) is 16.3 Å². The molecule has 4 N–H and O–H groups in total. The van der Waals surface area contributed by atoms with Crippen LogP contribution in [0.3, 0.4) is 0 Å². The molecule has 94 valence electrons. The maximum Gasteiger partial charge on any atom is 0.350 e. The standard InChI is InChI=1S/C10H15N3O3S/c11-8-1-2-13(10(16)12-8)9-3-6(4-14)7(5-15)17-9/h1-2,6-7,9,14-15H,3-5H2,(H2,11,12,16). The molecule has 0 spiro atoms. The third-order valence-corrected chi connectivity index (χ3v) is 4.56. The van der Waals surface area contributed by atoms with Gasteiger partial charge in [-0.1, -0.05) is 0 Å². The number of aliphatic hydroxyl groups excluding tert-OH is 2. The first-order valence-electron chi connectivity index (χ1n) is 5.37. The second-order valence-corrected chi connectivity index (χ2v) is 5.45. The Morgan fingerprint density at radius 2 is 2.29 bits per heavy atom. The molecule has 0 aromatic carbocycles. The zero-order chi connectivity index (χ0) is 12.4. The molecule has 1 fully saturated rings. The molecule has 1 aliphatic rings. The summed E-state index contributed by atoms with van der Waals surface area (Å²) in [6, 6.07) is 1.57. The minimum absolute atomic E-state index is 0.00352. The largest absolute Gasteiger partial charge is 0.396 e. The van der Waals surface area contributed by atoms with Crippen LogP contribution >= 0.6 is 11.8 Å². The lowest BCUT2D eigenvalue weighted by molar-refractivity contribution is 0.188. The summed E-state index contributed by atoms with van der Waals surface area (Å²) >= 11 is 1.49. The van der Waals surface area contributed by atoms with Crippen LogP contribution in [-0.4, -0.2) is 38.2 Å². The Hall–Kier alpha value is -1.05. The van der Waals surface area contributed by atoms with E-state index in [1.807, 2.05) is 0 Å². The van der Waals surface area contributed by atoms with E-state index < -0.39 is 5.69 Å². The average molecular weight is 257 g/mol. The second-order valence-electron chi connectivity index (χ2n) is 4.03. The van der Waals surface area contributed by atoms with Gasteiger partial charge in [0.2, 0.25) is 0 Å². The zero-order valence-corrected chi connectivity index (χ0v) is 10.0. The first kappa shape index (κ1) is 12.4. The van der Waals surface area contributed by atoms with Crippen LogP contribution in [0, 0.1) is 5.92 Å². The molecule has 1 aliphatic heterocycles. The molecule has 1 saturated heterocycles. The smallest absolute Gasteiger partial charge is 0.350 e. The normalized spacial score (nSPS) is 28.5. The Kier molecular flexibility index (Phi) is 3.70. The van der Waals surface area contributed by atoms with Crippen molar-refractivity contribution in [2.75, 3.05) is 18.9 Å². The van der Waals surface area contributed by atoms with Gasteiger partial charge in [-0.2, -0.15) is 4.98 Å². The van der Waals surface area contributed by atoms with Crippen molar-refractivity contribution in [1.29, 1.82) is 0 Å². The van der Waals surface area contributed by atoms with Crippen molar-refractivity contribution in [1.82, 2.24) is 9.55 Å². The third-order valence-electron chi connectivity index (χ3n) is 2.94. The maximum absolute atomic E-state index is 11.7. The van der Waals surface area contributed by atoms with E-state index in [2.05, 4.69) is 4.98 Å². The summed E-state index contributed by atoms with van der Waals surface area (Å²) < 4.78 is 1.50. The lowest BCUT2D eigenvalue weighted by Crippen LogP contribution is -2.25. The van der Waals surface area contributed by atoms with Crippen molar-refractivity contribution in [3.05, 3.63) is 22.7 Å². The maximum atomic E-state index is 11.7. The predicted molar refractivity (Wildman–Crippen MR) is 65.6 cm³/mol. The summed E-state index contributed by atoms with van der Waals surface area (Å²) in [5, 5.41) is 18.3. The van der Waals surface area contributed by atoms with E-state index in [0.717, 1.165) is 0 Å². The molecule has 0 amide bonds. The molecule has 0 radical (unpaired) electrons. The molecule has 0 aliphatic carbocycles. The van der Waals surface area contributed by atoms with Crippen LogP contribution in [0.1, 0.15) is 11.8 Å². The Balaban J connectivity index is 2.22. The molecule has 1 aromatic heterocycles. The van der Waals surface area contributed by atoms with E-state index in [-0.39, 0.29) is 35.6 Å². The summed E-state index contributed by atoms with van der Waals surface area (Å²) in [7, 11) is 0. The third kappa shape index (κ3) is 2.46. The minimum Gasteiger partial charge on any atom is -0.396 e. The zero-order valence-electron chi connectivity index (χ0n) is 9.19. The Morgan fingerprint density at radius 1 is 1.53 bits per heavy atom. The Labute approximate surface area is 102 Å². The predicted octanol–water partition coefficient (Wildman–Crippen LogP) is -0.570. The second kappa shape index (κ2) is 5.07. The number of hydrogen-bond donors (Lipinski definition) is 3. The topological polar surface area (TPSA) is 101 Å². The van der Waals surface area contributed by atoms with Crippen LogP contribution in [0.15, 0.2) is 17.1 Å². The Morgan fingerprint density at radius 3 is 2.82 bits per heavy atom. The molecule has 2 heterocycles. The van der Waals surface area contributed by atoms with Crippen molar-refractivity contribution in [2.24, 2.45) is 5.92 Å². The van der Waals surface area contributed by atoms with E-state index in [0.29, 0.717) is 6.42 Å². The van der Waals surface area contributed by atoms with Crippen LogP contribution < -0.4 is 11.4 Å². The van der Waals surface area contributed by atoms with Gasteiger partial charge in [-0.05, 0) is 18.4 Å². The van der Waals surface area contributed by atoms with Crippen LogP contribution in [-0.2, 0) is 0 Å². The van der Waals surface area contributed by atoms with Gasteiger partial charge < -0.3 is 15.9 Å². The van der Waals surface area contributed by atoms with Gasteiger partial charge in [0.1, 0.15) is 5.82 Å². The van der Waals surface area contributed by atoms with Gasteiger partial charge in [0, 0.05) is 18.1 Å². The van der Waals surface area contributed by atoms with E-state index in [9.17, 15) is 15.0 Å². The van der Waals surface area contributed by atoms with Crippen molar-refractivity contribution in [3.8, 4) is 0 Å². The van der Waals surface area contributed by atoms with Gasteiger partial charge >= 0.3 is 5.69 Å². The van der Waals surface area contributed by atoms with Crippen molar-refractivity contribution >= 4 is 17.6 Å². The van der Waals surface area contributed by atoms with Crippen LogP contribution in [0.2, 0.25) is 0 Å². The number of anilines is 1. The molecule has 3 unspecified atom stereocenters. The molecule has 6 nitrogen and oxygen atoms in total. The van der Waals surface area contributed by atoms with Crippen molar-refractivity contribution in [2.45, 2.75) is 17.0 Å². The quantitative estimate of drug-likeness (QED) is 0.670. The highest BCUT2D eigenvalue weighted by atomic mass is 32.2. The molecule has 0 bridgehead atoms. The number of nitrogens with two attached hydrogens (primary N) is 1. The summed E-state index contributed by atoms with van der Waals surface area (Å²) in [4.78, 5) is 15.3. The fourth-order valence-corrected chi connectivity index (χ4v) is 3.55. The first-order valence-corrected chi connectivity index (χ1v) is 6.32. The summed E-state index contributed by atoms with van der Waals surface area (Å²) in [5.74, 6) is 0.214. The highest BCUT2D eigenvalue weighted by Gasteiger charge is 2.35. The summed E-state index contributed by atoms with van der Waals surface area (Å²) in [5.41, 5.74) is 5.03. The summed E-state index contributed by atoms with van der Waals surface area (Å²) in [6.45, 7) is 0.0232. The highest BCUT2D eigenvalue weighted by molar-refractivity contribution is 8.00. The molecule has 0 saturated carbocycles. The van der Waals surface area contributed by atoms with Crippen LogP contribution in [0.25, 0.3) is 0 Å². The molecule has 17 heavy (non-hydrogen) atoms. The first-order chi connectivity index (χ1) is 8.15. The van der Waals surface area contributed by atoms with Gasteiger partial charge in [0.05, 0.1) is 12.0 Å². The van der Waals surface area contributed by atoms with Crippen molar-refractivity contribution in [3.63, 3.8) is 0 Å². The summed E-state index contributed by atoms with van der Waals surface area (Å²) in [6.07, 6.45) is 2.26.